The molecule has 0 aliphatic rings. The van der Waals surface area contributed by atoms with Crippen LogP contribution in [-0.4, -0.2) is 42.9 Å². The Morgan fingerprint density at radius 1 is 1.12 bits per heavy atom. The zero-order valence-corrected chi connectivity index (χ0v) is 21.3. The molecule has 0 N–H and O–H groups in total. The van der Waals surface area contributed by atoms with Crippen LogP contribution < -0.4 is 9.54 Å². The highest BCUT2D eigenvalue weighted by atomic mass is 32.2. The van der Waals surface area contributed by atoms with Crippen LogP contribution in [0.3, 0.4) is 0 Å². The van der Waals surface area contributed by atoms with Gasteiger partial charge in [0.25, 0.3) is 5.91 Å². The number of thiazole rings is 1. The molecule has 0 aliphatic heterocycles. The molecule has 1 aromatic heterocycles. The fourth-order valence-corrected chi connectivity index (χ4v) is 6.24. The van der Waals surface area contributed by atoms with Crippen molar-refractivity contribution in [2.24, 2.45) is 4.99 Å². The Labute approximate surface area is 204 Å². The maximum atomic E-state index is 13.0. The molecular formula is C25H29N3O4S2. The minimum atomic E-state index is -3.61. The average molecular weight is 500 g/mol. The fourth-order valence-electron chi connectivity index (χ4n) is 3.56. The minimum Gasteiger partial charge on any atom is -0.494 e. The summed E-state index contributed by atoms with van der Waals surface area (Å²) in [5.74, 6) is 2.87. The van der Waals surface area contributed by atoms with Crippen LogP contribution in [-0.2, 0) is 16.6 Å². The summed E-state index contributed by atoms with van der Waals surface area (Å²) < 4.78 is 35.7. The van der Waals surface area contributed by atoms with E-state index in [9.17, 15) is 13.2 Å². The summed E-state index contributed by atoms with van der Waals surface area (Å²) in [4.78, 5) is 17.8. The van der Waals surface area contributed by atoms with Crippen molar-refractivity contribution in [3.8, 4) is 18.1 Å². The Morgan fingerprint density at radius 3 is 2.38 bits per heavy atom. The first-order valence-corrected chi connectivity index (χ1v) is 13.5. The predicted octanol–water partition coefficient (Wildman–Crippen LogP) is 4.29. The van der Waals surface area contributed by atoms with Crippen LogP contribution in [0.5, 0.6) is 5.75 Å². The number of terminal acetylenes is 1. The summed E-state index contributed by atoms with van der Waals surface area (Å²) in [6.07, 6.45) is 7.00. The number of benzene rings is 2. The lowest BCUT2D eigenvalue weighted by Crippen LogP contribution is -2.32. The molecule has 1 heterocycles. The van der Waals surface area contributed by atoms with Gasteiger partial charge < -0.3 is 9.30 Å². The van der Waals surface area contributed by atoms with Crippen molar-refractivity contribution in [3.05, 3.63) is 52.8 Å². The number of nitrogens with zero attached hydrogens (tertiary/aromatic N) is 3. The van der Waals surface area contributed by atoms with E-state index in [2.05, 4.69) is 10.9 Å². The smallest absolute Gasteiger partial charge is 0.279 e. The second-order valence-electron chi connectivity index (χ2n) is 7.58. The van der Waals surface area contributed by atoms with Gasteiger partial charge >= 0.3 is 0 Å². The molecule has 0 spiro atoms. The lowest BCUT2D eigenvalue weighted by molar-refractivity contribution is 0.0998. The van der Waals surface area contributed by atoms with E-state index < -0.39 is 15.9 Å². The summed E-state index contributed by atoms with van der Waals surface area (Å²) in [7, 11) is -3.61. The van der Waals surface area contributed by atoms with Crippen LogP contribution in [0.25, 0.3) is 10.2 Å². The molecule has 34 heavy (non-hydrogen) atoms. The molecule has 0 aliphatic carbocycles. The molecule has 2 aromatic carbocycles. The quantitative estimate of drug-likeness (QED) is 0.390. The molecule has 0 radical (unpaired) electrons. The normalized spacial score (nSPS) is 12.3. The summed E-state index contributed by atoms with van der Waals surface area (Å²) in [5, 5.41) is 0. The number of aromatic nitrogens is 1. The summed E-state index contributed by atoms with van der Waals surface area (Å²) in [6, 6.07) is 11.6. The molecule has 0 bridgehead atoms. The third-order valence-corrected chi connectivity index (χ3v) is 8.05. The number of ether oxygens (including phenoxy) is 1. The van der Waals surface area contributed by atoms with Crippen LogP contribution in [0, 0.1) is 12.3 Å². The summed E-state index contributed by atoms with van der Waals surface area (Å²) in [6.45, 7) is 7.53. The molecule has 0 unspecified atom stereocenters. The van der Waals surface area contributed by atoms with Crippen molar-refractivity contribution in [2.75, 3.05) is 19.7 Å². The topological polar surface area (TPSA) is 81.0 Å². The molecule has 7 nitrogen and oxygen atoms in total. The number of amides is 1. The van der Waals surface area contributed by atoms with Gasteiger partial charge in [-0.1, -0.05) is 31.1 Å². The van der Waals surface area contributed by atoms with E-state index in [0.717, 1.165) is 28.8 Å². The van der Waals surface area contributed by atoms with E-state index >= 15 is 0 Å². The Morgan fingerprint density at radius 2 is 1.79 bits per heavy atom. The highest BCUT2D eigenvalue weighted by Crippen LogP contribution is 2.24. The lowest BCUT2D eigenvalue weighted by Gasteiger charge is -2.21. The van der Waals surface area contributed by atoms with Crippen molar-refractivity contribution in [3.63, 3.8) is 0 Å². The van der Waals surface area contributed by atoms with E-state index in [4.69, 9.17) is 11.2 Å². The monoisotopic (exact) mass is 499 g/mol. The largest absolute Gasteiger partial charge is 0.494 e. The first-order valence-electron chi connectivity index (χ1n) is 11.2. The summed E-state index contributed by atoms with van der Waals surface area (Å²) in [5.41, 5.74) is 1.17. The zero-order valence-electron chi connectivity index (χ0n) is 19.7. The first kappa shape index (κ1) is 25.7. The van der Waals surface area contributed by atoms with Crippen molar-refractivity contribution in [1.29, 1.82) is 0 Å². The number of fused-ring (bicyclic) bond motifs is 1. The molecule has 9 heteroatoms. The van der Waals surface area contributed by atoms with Crippen molar-refractivity contribution in [2.45, 2.75) is 45.1 Å². The van der Waals surface area contributed by atoms with E-state index in [1.54, 1.807) is 4.57 Å². The lowest BCUT2D eigenvalue weighted by atomic mass is 10.2. The number of hydrogen-bond acceptors (Lipinski definition) is 5. The zero-order chi connectivity index (χ0) is 24.7. The SMILES string of the molecule is C#CCn1c(=NC(=O)c2ccc(S(=O)(=O)N(CCC)CCC)cc2)sc2cc(OCC)ccc21. The number of sulfonamides is 1. The molecule has 1 amide bonds. The fraction of sp³-hybridized carbons (Fsp3) is 0.360. The van der Waals surface area contributed by atoms with Crippen LogP contribution in [0.1, 0.15) is 44.0 Å². The maximum Gasteiger partial charge on any atom is 0.279 e. The Hall–Kier alpha value is -2.93. The molecule has 0 atom stereocenters. The van der Waals surface area contributed by atoms with E-state index in [0.29, 0.717) is 30.1 Å². The van der Waals surface area contributed by atoms with Crippen LogP contribution in [0.15, 0.2) is 52.4 Å². The van der Waals surface area contributed by atoms with Gasteiger partial charge in [0.05, 0.1) is 28.3 Å². The molecule has 0 fully saturated rings. The standard InChI is InChI=1S/C25H29N3O4S2/c1-5-15-27(16-6-2)34(30,31)21-12-9-19(10-13-21)24(29)26-25-28(17-7-3)22-14-11-20(32-8-4)18-23(22)33-25/h3,9-14,18H,5-6,8,15-17H2,1-2,4H3. The Kier molecular flexibility index (Phi) is 8.67. The van der Waals surface area contributed by atoms with Crippen LogP contribution in [0.2, 0.25) is 0 Å². The Balaban J connectivity index is 1.95. The molecular weight excluding hydrogens is 470 g/mol. The van der Waals surface area contributed by atoms with Gasteiger partial charge in [0.2, 0.25) is 10.0 Å². The highest BCUT2D eigenvalue weighted by molar-refractivity contribution is 7.89. The van der Waals surface area contributed by atoms with Gasteiger partial charge in [0.15, 0.2) is 4.80 Å². The van der Waals surface area contributed by atoms with Gasteiger partial charge in [-0.25, -0.2) is 8.42 Å². The number of carbonyl (C=O) groups is 1. The van der Waals surface area contributed by atoms with Gasteiger partial charge in [0.1, 0.15) is 5.75 Å². The highest BCUT2D eigenvalue weighted by Gasteiger charge is 2.23. The van der Waals surface area contributed by atoms with E-state index in [1.165, 1.54) is 39.9 Å². The van der Waals surface area contributed by atoms with Crippen molar-refractivity contribution < 1.29 is 17.9 Å². The van der Waals surface area contributed by atoms with Crippen molar-refractivity contribution >= 4 is 37.5 Å². The van der Waals surface area contributed by atoms with Gasteiger partial charge in [-0.3, -0.25) is 4.79 Å². The van der Waals surface area contributed by atoms with Gasteiger partial charge in [-0.15, -0.1) is 6.42 Å². The molecule has 0 saturated heterocycles. The number of rotatable bonds is 10. The van der Waals surface area contributed by atoms with Gasteiger partial charge in [0, 0.05) is 18.7 Å². The Bertz CT molecular complexity index is 1360. The number of carbonyl (C=O) groups excluding carboxylic acids is 1. The average Bonchev–Trinajstić information content (AvgIpc) is 3.15. The predicted molar refractivity (Wildman–Crippen MR) is 135 cm³/mol. The number of hydrogen-bond donors (Lipinski definition) is 0. The second kappa shape index (κ2) is 11.5. The van der Waals surface area contributed by atoms with Crippen LogP contribution >= 0.6 is 11.3 Å². The minimum absolute atomic E-state index is 0.165. The van der Waals surface area contributed by atoms with Gasteiger partial charge in [-0.05, 0) is 62.2 Å². The van der Waals surface area contributed by atoms with Crippen LogP contribution in [0.4, 0.5) is 0 Å². The molecule has 0 saturated carbocycles. The second-order valence-corrected chi connectivity index (χ2v) is 10.5. The maximum absolute atomic E-state index is 13.0. The van der Waals surface area contributed by atoms with E-state index in [1.807, 2.05) is 39.0 Å². The first-order chi connectivity index (χ1) is 16.3. The van der Waals surface area contributed by atoms with E-state index in [-0.39, 0.29) is 11.4 Å². The van der Waals surface area contributed by atoms with Gasteiger partial charge in [-0.2, -0.15) is 9.30 Å². The molecule has 3 aromatic rings. The third kappa shape index (κ3) is 5.58. The summed E-state index contributed by atoms with van der Waals surface area (Å²) >= 11 is 1.35. The van der Waals surface area contributed by atoms with Crippen molar-refractivity contribution in [1.82, 2.24) is 8.87 Å². The third-order valence-electron chi connectivity index (χ3n) is 5.10. The molecule has 180 valence electrons. The molecule has 3 rings (SSSR count).